The second-order valence-electron chi connectivity index (χ2n) is 5.09. The van der Waals surface area contributed by atoms with Crippen LogP contribution in [0.15, 0.2) is 30.3 Å². The first kappa shape index (κ1) is 11.2. The topological polar surface area (TPSA) is 9.23 Å². The molecule has 1 aromatic rings. The summed E-state index contributed by atoms with van der Waals surface area (Å²) in [4.78, 5) is 0. The van der Waals surface area contributed by atoms with Crippen LogP contribution in [0.3, 0.4) is 0 Å². The van der Waals surface area contributed by atoms with E-state index in [1.807, 2.05) is 0 Å². The molecular formula is C13H20GeO. The SMILES string of the molecule is [CH3][Ge]([CH3])([CH2]C1CCCO1)[c]1ccccc1. The van der Waals surface area contributed by atoms with Gasteiger partial charge in [0.05, 0.1) is 0 Å². The fourth-order valence-corrected chi connectivity index (χ4v) is 8.24. The molecule has 0 bridgehead atoms. The average Bonchev–Trinajstić information content (AvgIpc) is 2.71. The minimum atomic E-state index is -1.80. The maximum absolute atomic E-state index is 5.76. The zero-order chi connectivity index (χ0) is 10.7. The van der Waals surface area contributed by atoms with E-state index >= 15 is 0 Å². The van der Waals surface area contributed by atoms with E-state index in [-0.39, 0.29) is 0 Å². The molecular weight excluding hydrogens is 245 g/mol. The van der Waals surface area contributed by atoms with Crippen molar-refractivity contribution in [3.05, 3.63) is 30.3 Å². The van der Waals surface area contributed by atoms with E-state index in [4.69, 9.17) is 4.74 Å². The minimum absolute atomic E-state index is 0.556. The van der Waals surface area contributed by atoms with E-state index < -0.39 is 13.3 Å². The van der Waals surface area contributed by atoms with Crippen LogP contribution in [0.25, 0.3) is 0 Å². The average molecular weight is 265 g/mol. The van der Waals surface area contributed by atoms with Crippen LogP contribution in [-0.2, 0) is 4.74 Å². The van der Waals surface area contributed by atoms with Crippen LogP contribution in [0.2, 0.25) is 16.8 Å². The summed E-state index contributed by atoms with van der Waals surface area (Å²) in [5.41, 5.74) is 0. The van der Waals surface area contributed by atoms with Crippen LogP contribution < -0.4 is 4.40 Å². The normalized spacial score (nSPS) is 21.9. The number of rotatable bonds is 3. The first-order valence-electron chi connectivity index (χ1n) is 5.86. The van der Waals surface area contributed by atoms with E-state index in [2.05, 4.69) is 41.8 Å². The first-order chi connectivity index (χ1) is 7.18. The molecule has 2 heteroatoms. The summed E-state index contributed by atoms with van der Waals surface area (Å²) in [6.07, 6.45) is 3.10. The molecule has 1 nitrogen and oxygen atoms in total. The summed E-state index contributed by atoms with van der Waals surface area (Å²) < 4.78 is 7.36. The summed E-state index contributed by atoms with van der Waals surface area (Å²) >= 11 is -1.80. The monoisotopic (exact) mass is 266 g/mol. The molecule has 15 heavy (non-hydrogen) atoms. The molecule has 1 aliphatic heterocycles. The van der Waals surface area contributed by atoms with Crippen molar-refractivity contribution in [1.29, 1.82) is 0 Å². The van der Waals surface area contributed by atoms with Gasteiger partial charge in [-0.15, -0.1) is 0 Å². The van der Waals surface area contributed by atoms with E-state index in [1.54, 1.807) is 4.40 Å². The van der Waals surface area contributed by atoms with Gasteiger partial charge in [-0.1, -0.05) is 0 Å². The molecule has 1 aromatic carbocycles. The van der Waals surface area contributed by atoms with E-state index in [0.717, 1.165) is 6.61 Å². The Morgan fingerprint density at radius 1 is 1.27 bits per heavy atom. The third-order valence-electron chi connectivity index (χ3n) is 3.32. The molecule has 1 unspecified atom stereocenters. The van der Waals surface area contributed by atoms with Gasteiger partial charge in [0.2, 0.25) is 0 Å². The van der Waals surface area contributed by atoms with Crippen LogP contribution in [0.1, 0.15) is 12.8 Å². The van der Waals surface area contributed by atoms with Gasteiger partial charge >= 0.3 is 95.0 Å². The molecule has 1 saturated heterocycles. The van der Waals surface area contributed by atoms with E-state index in [0.29, 0.717) is 6.10 Å². The molecule has 0 amide bonds. The van der Waals surface area contributed by atoms with Gasteiger partial charge in [0.1, 0.15) is 0 Å². The van der Waals surface area contributed by atoms with Gasteiger partial charge in [-0.25, -0.2) is 0 Å². The Morgan fingerprint density at radius 2 is 2.00 bits per heavy atom. The maximum atomic E-state index is 5.76. The number of benzene rings is 1. The zero-order valence-corrected chi connectivity index (χ0v) is 11.8. The third-order valence-corrected chi connectivity index (χ3v) is 10.4. The Hall–Kier alpha value is -0.277. The Balaban J connectivity index is 2.05. The zero-order valence-electron chi connectivity index (χ0n) is 9.70. The van der Waals surface area contributed by atoms with Crippen molar-refractivity contribution in [1.82, 2.24) is 0 Å². The molecule has 0 saturated carbocycles. The molecule has 0 radical (unpaired) electrons. The molecule has 1 aliphatic rings. The Kier molecular flexibility index (Phi) is 3.52. The van der Waals surface area contributed by atoms with Crippen LogP contribution >= 0.6 is 0 Å². The van der Waals surface area contributed by atoms with Crippen LogP contribution in [-0.4, -0.2) is 26.0 Å². The van der Waals surface area contributed by atoms with Gasteiger partial charge < -0.3 is 0 Å². The summed E-state index contributed by atoms with van der Waals surface area (Å²) in [6, 6.07) is 11.0. The summed E-state index contributed by atoms with van der Waals surface area (Å²) in [6.45, 7) is 0.984. The number of hydrogen-bond donors (Lipinski definition) is 0. The third kappa shape index (κ3) is 2.85. The predicted molar refractivity (Wildman–Crippen MR) is 67.3 cm³/mol. The van der Waals surface area contributed by atoms with E-state index in [1.165, 1.54) is 18.1 Å². The molecule has 82 valence electrons. The second kappa shape index (κ2) is 4.71. The van der Waals surface area contributed by atoms with Gasteiger partial charge in [-0.3, -0.25) is 0 Å². The van der Waals surface area contributed by atoms with Crippen LogP contribution in [0, 0.1) is 0 Å². The summed E-state index contributed by atoms with van der Waals surface area (Å²) in [5, 5.41) is 1.32. The van der Waals surface area contributed by atoms with Crippen molar-refractivity contribution in [3.8, 4) is 0 Å². The molecule has 0 aromatic heterocycles. The first-order valence-corrected chi connectivity index (χ1v) is 12.6. The Morgan fingerprint density at radius 3 is 2.60 bits per heavy atom. The van der Waals surface area contributed by atoms with Gasteiger partial charge in [0.25, 0.3) is 0 Å². The quantitative estimate of drug-likeness (QED) is 0.763. The Bertz CT molecular complexity index is 302. The summed E-state index contributed by atoms with van der Waals surface area (Å²) in [7, 11) is 0. The van der Waals surface area contributed by atoms with Crippen molar-refractivity contribution in [3.63, 3.8) is 0 Å². The fourth-order valence-electron chi connectivity index (χ4n) is 2.38. The summed E-state index contributed by atoms with van der Waals surface area (Å²) in [5.74, 6) is 4.99. The van der Waals surface area contributed by atoms with Gasteiger partial charge in [0, 0.05) is 0 Å². The van der Waals surface area contributed by atoms with Gasteiger partial charge in [0.15, 0.2) is 0 Å². The van der Waals surface area contributed by atoms with E-state index in [9.17, 15) is 0 Å². The van der Waals surface area contributed by atoms with Crippen LogP contribution in [0.4, 0.5) is 0 Å². The Labute approximate surface area is 95.2 Å². The molecule has 0 N–H and O–H groups in total. The molecule has 0 aliphatic carbocycles. The van der Waals surface area contributed by atoms with Crippen molar-refractivity contribution < 1.29 is 4.74 Å². The predicted octanol–water partition coefficient (Wildman–Crippen LogP) is 2.78. The van der Waals surface area contributed by atoms with Crippen molar-refractivity contribution >= 4 is 17.7 Å². The molecule has 0 spiro atoms. The molecule has 1 heterocycles. The van der Waals surface area contributed by atoms with Crippen LogP contribution in [0.5, 0.6) is 0 Å². The number of hydrogen-bond acceptors (Lipinski definition) is 1. The van der Waals surface area contributed by atoms with Gasteiger partial charge in [-0.2, -0.15) is 0 Å². The second-order valence-corrected chi connectivity index (χ2v) is 15.1. The van der Waals surface area contributed by atoms with Crippen molar-refractivity contribution in [2.75, 3.05) is 6.61 Å². The molecule has 2 rings (SSSR count). The number of ether oxygens (including phenoxy) is 1. The fraction of sp³-hybridized carbons (Fsp3) is 0.538. The molecule has 1 fully saturated rings. The van der Waals surface area contributed by atoms with Crippen molar-refractivity contribution in [2.24, 2.45) is 0 Å². The van der Waals surface area contributed by atoms with Crippen molar-refractivity contribution in [2.45, 2.75) is 35.7 Å². The van der Waals surface area contributed by atoms with Gasteiger partial charge in [-0.05, 0) is 0 Å². The standard InChI is InChI=1S/C13H20GeO/c1-14(2,11-13-9-6-10-15-13)12-7-4-3-5-8-12/h3-5,7-8,13H,6,9-11H2,1-2H3. The molecule has 1 atom stereocenters.